The van der Waals surface area contributed by atoms with E-state index in [1.165, 1.54) is 22.3 Å². The van der Waals surface area contributed by atoms with Gasteiger partial charge >= 0.3 is 0 Å². The number of fused-ring (bicyclic) bond motifs is 1. The van der Waals surface area contributed by atoms with Gasteiger partial charge in [0.15, 0.2) is 8.32 Å². The van der Waals surface area contributed by atoms with Gasteiger partial charge in [0.2, 0.25) is 0 Å². The maximum absolute atomic E-state index is 6.76. The van der Waals surface area contributed by atoms with E-state index < -0.39 is 8.32 Å². The number of allylic oxidation sites excluding steroid dienone is 1. The molecule has 0 aliphatic heterocycles. The summed E-state index contributed by atoms with van der Waals surface area (Å²) in [4.78, 5) is 0. The molecule has 1 unspecified atom stereocenters. The first-order valence-electron chi connectivity index (χ1n) is 9.09. The molecule has 0 fully saturated rings. The van der Waals surface area contributed by atoms with E-state index in [1.54, 1.807) is 0 Å². The summed E-state index contributed by atoms with van der Waals surface area (Å²) in [6.45, 7) is 18.6. The quantitative estimate of drug-likeness (QED) is 0.457. The maximum atomic E-state index is 6.76. The van der Waals surface area contributed by atoms with E-state index in [2.05, 4.69) is 72.8 Å². The zero-order valence-electron chi connectivity index (χ0n) is 16.7. The summed E-state index contributed by atoms with van der Waals surface area (Å²) < 4.78 is 12.9. The molecule has 24 heavy (non-hydrogen) atoms. The molecule has 0 amide bonds. The van der Waals surface area contributed by atoms with E-state index in [9.17, 15) is 0 Å². The van der Waals surface area contributed by atoms with Crippen molar-refractivity contribution >= 4 is 8.32 Å². The zero-order chi connectivity index (χ0) is 18.1. The Balaban J connectivity index is 2.30. The van der Waals surface area contributed by atoms with Crippen LogP contribution in [-0.2, 0) is 10.8 Å². The highest BCUT2D eigenvalue weighted by atomic mass is 28.4. The lowest BCUT2D eigenvalue weighted by atomic mass is 10.0. The summed E-state index contributed by atoms with van der Waals surface area (Å²) in [5.41, 5.74) is 5.39. The van der Waals surface area contributed by atoms with Crippen molar-refractivity contribution in [2.45, 2.75) is 78.6 Å². The van der Waals surface area contributed by atoms with Gasteiger partial charge < -0.3 is 9.16 Å². The van der Waals surface area contributed by atoms with Gasteiger partial charge in [-0.05, 0) is 75.0 Å². The Morgan fingerprint density at radius 3 is 2.50 bits per heavy atom. The SMILES string of the molecule is CC(C)=CCOc1ccc(C)c2c1C(O[Si](C)(C)C(C)(C)C)CC2. The van der Waals surface area contributed by atoms with E-state index in [0.717, 1.165) is 18.6 Å². The molecule has 134 valence electrons. The summed E-state index contributed by atoms with van der Waals surface area (Å²) in [6.07, 6.45) is 4.49. The molecule has 0 saturated heterocycles. The first-order valence-corrected chi connectivity index (χ1v) is 12.0. The first kappa shape index (κ1) is 19.3. The van der Waals surface area contributed by atoms with Crippen LogP contribution in [0.4, 0.5) is 0 Å². The van der Waals surface area contributed by atoms with Crippen LogP contribution in [0.25, 0.3) is 0 Å². The minimum Gasteiger partial charge on any atom is -0.489 e. The van der Waals surface area contributed by atoms with Crippen molar-refractivity contribution in [3.63, 3.8) is 0 Å². The lowest BCUT2D eigenvalue weighted by Crippen LogP contribution is -2.41. The fourth-order valence-corrected chi connectivity index (χ4v) is 4.23. The molecule has 0 bridgehead atoms. The molecular formula is C21H34O2Si. The molecule has 1 aliphatic carbocycles. The molecular weight excluding hydrogens is 312 g/mol. The van der Waals surface area contributed by atoms with E-state index in [-0.39, 0.29) is 11.1 Å². The fraction of sp³-hybridized carbons (Fsp3) is 0.619. The normalized spacial score (nSPS) is 17.6. The second-order valence-corrected chi connectivity index (χ2v) is 13.5. The molecule has 0 N–H and O–H groups in total. The van der Waals surface area contributed by atoms with Gasteiger partial charge in [0.1, 0.15) is 12.4 Å². The van der Waals surface area contributed by atoms with E-state index in [0.29, 0.717) is 6.61 Å². The number of rotatable bonds is 5. The lowest BCUT2D eigenvalue weighted by molar-refractivity contribution is 0.180. The predicted molar refractivity (Wildman–Crippen MR) is 105 cm³/mol. The van der Waals surface area contributed by atoms with Gasteiger partial charge in [-0.25, -0.2) is 0 Å². The van der Waals surface area contributed by atoms with Crippen LogP contribution in [-0.4, -0.2) is 14.9 Å². The molecule has 2 nitrogen and oxygen atoms in total. The Kier molecular flexibility index (Phi) is 5.66. The topological polar surface area (TPSA) is 18.5 Å². The van der Waals surface area contributed by atoms with Crippen molar-refractivity contribution in [3.05, 3.63) is 40.5 Å². The van der Waals surface area contributed by atoms with Crippen molar-refractivity contribution in [2.24, 2.45) is 0 Å². The minimum absolute atomic E-state index is 0.183. The molecule has 0 spiro atoms. The monoisotopic (exact) mass is 346 g/mol. The van der Waals surface area contributed by atoms with E-state index in [1.807, 2.05) is 0 Å². The third-order valence-electron chi connectivity index (χ3n) is 5.50. The highest BCUT2D eigenvalue weighted by molar-refractivity contribution is 6.74. The van der Waals surface area contributed by atoms with E-state index >= 15 is 0 Å². The summed E-state index contributed by atoms with van der Waals surface area (Å²) in [6, 6.07) is 4.31. The second kappa shape index (κ2) is 7.05. The summed E-state index contributed by atoms with van der Waals surface area (Å²) in [5.74, 6) is 1.01. The van der Waals surface area contributed by atoms with Crippen LogP contribution >= 0.6 is 0 Å². The minimum atomic E-state index is -1.80. The fourth-order valence-electron chi connectivity index (χ4n) is 2.93. The Morgan fingerprint density at radius 1 is 1.25 bits per heavy atom. The van der Waals surface area contributed by atoms with Crippen LogP contribution < -0.4 is 4.74 Å². The predicted octanol–water partition coefficient (Wildman–Crippen LogP) is 6.35. The van der Waals surface area contributed by atoms with Crippen LogP contribution in [0.2, 0.25) is 18.1 Å². The smallest absolute Gasteiger partial charge is 0.192 e. The third-order valence-corrected chi connectivity index (χ3v) is 9.99. The molecule has 1 aromatic carbocycles. The summed E-state index contributed by atoms with van der Waals surface area (Å²) in [7, 11) is -1.80. The standard InChI is InChI=1S/C21H34O2Si/c1-15(2)13-14-22-18-11-9-16(3)17-10-12-19(20(17)18)23-24(7,8)21(4,5)6/h9,11,13,19H,10,12,14H2,1-8H3. The van der Waals surface area contributed by atoms with Crippen LogP contribution in [0, 0.1) is 6.92 Å². The Bertz CT molecular complexity index is 619. The van der Waals surface area contributed by atoms with Crippen molar-refractivity contribution in [1.82, 2.24) is 0 Å². The maximum Gasteiger partial charge on any atom is 0.192 e. The number of hydrogen-bond donors (Lipinski definition) is 0. The van der Waals surface area contributed by atoms with E-state index in [4.69, 9.17) is 9.16 Å². The third kappa shape index (κ3) is 4.12. The summed E-state index contributed by atoms with van der Waals surface area (Å²) in [5, 5.41) is 0.225. The van der Waals surface area contributed by atoms with Crippen LogP contribution in [0.3, 0.4) is 0 Å². The van der Waals surface area contributed by atoms with Gasteiger partial charge in [0, 0.05) is 5.56 Å². The Labute approximate surface area is 149 Å². The van der Waals surface area contributed by atoms with Crippen molar-refractivity contribution in [1.29, 1.82) is 0 Å². The van der Waals surface area contributed by atoms with Crippen LogP contribution in [0.5, 0.6) is 5.75 Å². The van der Waals surface area contributed by atoms with Crippen molar-refractivity contribution in [2.75, 3.05) is 6.61 Å². The number of ether oxygens (including phenoxy) is 1. The molecule has 0 saturated carbocycles. The Hall–Kier alpha value is -1.06. The zero-order valence-corrected chi connectivity index (χ0v) is 17.7. The van der Waals surface area contributed by atoms with Crippen molar-refractivity contribution in [3.8, 4) is 5.75 Å². The molecule has 3 heteroatoms. The number of aryl methyl sites for hydroxylation is 1. The van der Waals surface area contributed by atoms with Gasteiger partial charge in [-0.3, -0.25) is 0 Å². The molecule has 0 aromatic heterocycles. The summed E-state index contributed by atoms with van der Waals surface area (Å²) >= 11 is 0. The molecule has 0 heterocycles. The van der Waals surface area contributed by atoms with Gasteiger partial charge in [-0.2, -0.15) is 0 Å². The van der Waals surface area contributed by atoms with Crippen LogP contribution in [0.1, 0.15) is 63.8 Å². The second-order valence-electron chi connectivity index (χ2n) is 8.77. The number of hydrogen-bond acceptors (Lipinski definition) is 2. The van der Waals surface area contributed by atoms with Gasteiger partial charge in [0.25, 0.3) is 0 Å². The van der Waals surface area contributed by atoms with Crippen molar-refractivity contribution < 1.29 is 9.16 Å². The van der Waals surface area contributed by atoms with Gasteiger partial charge in [-0.1, -0.05) is 32.4 Å². The highest BCUT2D eigenvalue weighted by Gasteiger charge is 2.41. The Morgan fingerprint density at radius 2 is 1.92 bits per heavy atom. The molecule has 1 atom stereocenters. The number of benzene rings is 1. The molecule has 2 rings (SSSR count). The van der Waals surface area contributed by atoms with Gasteiger partial charge in [-0.15, -0.1) is 0 Å². The molecule has 1 aliphatic rings. The average Bonchev–Trinajstić information content (AvgIpc) is 2.84. The first-order chi connectivity index (χ1) is 11.0. The highest BCUT2D eigenvalue weighted by Crippen LogP contribution is 2.47. The molecule has 0 radical (unpaired) electrons. The van der Waals surface area contributed by atoms with Crippen LogP contribution in [0.15, 0.2) is 23.8 Å². The van der Waals surface area contributed by atoms with Gasteiger partial charge in [0.05, 0.1) is 6.10 Å². The molecule has 1 aromatic rings. The largest absolute Gasteiger partial charge is 0.489 e. The average molecular weight is 347 g/mol. The lowest BCUT2D eigenvalue weighted by Gasteiger charge is -2.38.